The number of fused-ring (bicyclic) bond motifs is 1. The first-order valence-electron chi connectivity index (χ1n) is 6.78. The van der Waals surface area contributed by atoms with E-state index in [4.69, 9.17) is 20.0 Å². The van der Waals surface area contributed by atoms with E-state index in [-0.39, 0.29) is 12.4 Å². The molecule has 5 nitrogen and oxygen atoms in total. The van der Waals surface area contributed by atoms with Crippen LogP contribution in [0.25, 0.3) is 11.0 Å². The van der Waals surface area contributed by atoms with Crippen molar-refractivity contribution < 1.29 is 19.1 Å². The van der Waals surface area contributed by atoms with Crippen LogP contribution in [0.15, 0.2) is 28.7 Å². The Kier molecular flexibility index (Phi) is 5.01. The molecule has 0 radical (unpaired) electrons. The van der Waals surface area contributed by atoms with Gasteiger partial charge in [-0.2, -0.15) is 0 Å². The fourth-order valence-corrected chi connectivity index (χ4v) is 1.97. The Morgan fingerprint density at radius 1 is 1.20 bits per heavy atom. The first kappa shape index (κ1) is 14.4. The Bertz CT molecular complexity index is 576. The number of carbonyl (C=O) groups excluding carboxylic acids is 1. The number of ether oxygens (including phenoxy) is 1. The van der Waals surface area contributed by atoms with Crippen LogP contribution in [0.1, 0.15) is 36.2 Å². The van der Waals surface area contributed by atoms with E-state index in [0.29, 0.717) is 17.9 Å². The topological polar surface area (TPSA) is 85.7 Å². The normalized spacial score (nSPS) is 10.8. The molecule has 1 aromatic carbocycles. The number of hydrogen-bond donors (Lipinski definition) is 2. The molecule has 0 bridgehead atoms. The molecule has 0 fully saturated rings. The predicted molar refractivity (Wildman–Crippen MR) is 76.5 cm³/mol. The largest absolute Gasteiger partial charge is 0.460 e. The lowest BCUT2D eigenvalue weighted by molar-refractivity contribution is 0.0463. The van der Waals surface area contributed by atoms with Crippen molar-refractivity contribution in [2.24, 2.45) is 0 Å². The third-order valence-corrected chi connectivity index (χ3v) is 3.03. The van der Waals surface area contributed by atoms with Gasteiger partial charge in [-0.05, 0) is 43.5 Å². The van der Waals surface area contributed by atoms with Crippen LogP contribution in [-0.2, 0) is 4.74 Å². The highest BCUT2D eigenvalue weighted by Gasteiger charge is 2.13. The third-order valence-electron chi connectivity index (χ3n) is 3.03. The van der Waals surface area contributed by atoms with Gasteiger partial charge >= 0.3 is 5.97 Å². The summed E-state index contributed by atoms with van der Waals surface area (Å²) in [5, 5.41) is 9.43. The van der Waals surface area contributed by atoms with E-state index in [1.807, 2.05) is 0 Å². The summed E-state index contributed by atoms with van der Waals surface area (Å²) in [4.78, 5) is 11.8. The number of furan rings is 1. The second-order valence-electron chi connectivity index (χ2n) is 4.68. The fraction of sp³-hybridized carbons (Fsp3) is 0.400. The molecule has 0 saturated carbocycles. The smallest absolute Gasteiger partial charge is 0.374 e. The molecule has 0 spiro atoms. The van der Waals surface area contributed by atoms with Crippen LogP contribution in [0.3, 0.4) is 0 Å². The molecule has 2 rings (SSSR count). The van der Waals surface area contributed by atoms with Gasteiger partial charge in [-0.3, -0.25) is 0 Å². The van der Waals surface area contributed by atoms with Gasteiger partial charge in [0.05, 0.1) is 6.61 Å². The van der Waals surface area contributed by atoms with Crippen molar-refractivity contribution in [1.29, 1.82) is 0 Å². The monoisotopic (exact) mass is 277 g/mol. The van der Waals surface area contributed by atoms with Crippen LogP contribution in [0.4, 0.5) is 5.69 Å². The summed E-state index contributed by atoms with van der Waals surface area (Å²) >= 11 is 0. The summed E-state index contributed by atoms with van der Waals surface area (Å²) in [5.41, 5.74) is 6.92. The molecule has 108 valence electrons. The molecule has 0 aliphatic rings. The van der Waals surface area contributed by atoms with Gasteiger partial charge in [-0.1, -0.05) is 6.42 Å². The molecule has 0 amide bonds. The third kappa shape index (κ3) is 3.74. The van der Waals surface area contributed by atoms with Crippen LogP contribution in [0.2, 0.25) is 0 Å². The molecule has 3 N–H and O–H groups in total. The van der Waals surface area contributed by atoms with E-state index in [1.165, 1.54) is 0 Å². The first-order chi connectivity index (χ1) is 9.70. The van der Waals surface area contributed by atoms with Crippen molar-refractivity contribution in [2.45, 2.75) is 25.7 Å². The van der Waals surface area contributed by atoms with E-state index in [1.54, 1.807) is 24.3 Å². The number of esters is 1. The Morgan fingerprint density at radius 3 is 2.80 bits per heavy atom. The van der Waals surface area contributed by atoms with Crippen LogP contribution >= 0.6 is 0 Å². The molecular formula is C15H19NO4. The minimum Gasteiger partial charge on any atom is -0.460 e. The van der Waals surface area contributed by atoms with Crippen molar-refractivity contribution in [1.82, 2.24) is 0 Å². The zero-order valence-corrected chi connectivity index (χ0v) is 11.3. The highest BCUT2D eigenvalue weighted by atomic mass is 16.5. The van der Waals surface area contributed by atoms with E-state index in [2.05, 4.69) is 0 Å². The standard InChI is InChI=1S/C15H19NO4/c16-12-5-6-13-11(9-12)10-14(20-13)15(18)19-8-4-2-1-3-7-17/h5-6,9-10,17H,1-4,7-8,16H2. The molecule has 0 saturated heterocycles. The van der Waals surface area contributed by atoms with Gasteiger partial charge in [0.2, 0.25) is 5.76 Å². The quantitative estimate of drug-likeness (QED) is 0.461. The van der Waals surface area contributed by atoms with Crippen molar-refractivity contribution in [3.05, 3.63) is 30.0 Å². The number of nitrogen functional groups attached to an aromatic ring is 1. The zero-order valence-electron chi connectivity index (χ0n) is 11.3. The second kappa shape index (κ2) is 6.96. The minimum absolute atomic E-state index is 0.195. The summed E-state index contributed by atoms with van der Waals surface area (Å²) < 4.78 is 10.6. The van der Waals surface area contributed by atoms with E-state index in [0.717, 1.165) is 31.1 Å². The second-order valence-corrected chi connectivity index (χ2v) is 4.68. The zero-order chi connectivity index (χ0) is 14.4. The lowest BCUT2D eigenvalue weighted by Crippen LogP contribution is -2.05. The van der Waals surface area contributed by atoms with Gasteiger partial charge in [0.25, 0.3) is 0 Å². The highest BCUT2D eigenvalue weighted by Crippen LogP contribution is 2.22. The predicted octanol–water partition coefficient (Wildman–Crippen LogP) is 2.72. The summed E-state index contributed by atoms with van der Waals surface area (Å²) in [6.07, 6.45) is 3.46. The van der Waals surface area contributed by atoms with Crippen LogP contribution in [0.5, 0.6) is 0 Å². The highest BCUT2D eigenvalue weighted by molar-refractivity contribution is 5.93. The molecule has 20 heavy (non-hydrogen) atoms. The lowest BCUT2D eigenvalue weighted by Gasteiger charge is -2.02. The molecule has 0 atom stereocenters. The number of anilines is 1. The van der Waals surface area contributed by atoms with E-state index in [9.17, 15) is 4.79 Å². The lowest BCUT2D eigenvalue weighted by atomic mass is 10.2. The number of rotatable bonds is 7. The van der Waals surface area contributed by atoms with E-state index < -0.39 is 5.97 Å². The van der Waals surface area contributed by atoms with Crippen molar-refractivity contribution in [2.75, 3.05) is 18.9 Å². The number of unbranched alkanes of at least 4 members (excludes halogenated alkanes) is 3. The molecule has 2 aromatic rings. The molecular weight excluding hydrogens is 258 g/mol. The fourth-order valence-electron chi connectivity index (χ4n) is 1.97. The maximum Gasteiger partial charge on any atom is 0.374 e. The van der Waals surface area contributed by atoms with Crippen molar-refractivity contribution in [3.63, 3.8) is 0 Å². The van der Waals surface area contributed by atoms with E-state index >= 15 is 0 Å². The molecule has 1 heterocycles. The summed E-state index contributed by atoms with van der Waals surface area (Å²) in [5.74, 6) is -0.261. The maximum absolute atomic E-state index is 11.8. The average molecular weight is 277 g/mol. The molecule has 0 unspecified atom stereocenters. The van der Waals surface area contributed by atoms with Gasteiger partial charge in [-0.25, -0.2) is 4.79 Å². The van der Waals surface area contributed by atoms with Crippen LogP contribution in [0, 0.1) is 0 Å². The number of aliphatic hydroxyl groups is 1. The SMILES string of the molecule is Nc1ccc2oc(C(=O)OCCCCCCO)cc2c1. The van der Waals surface area contributed by atoms with Crippen molar-refractivity contribution >= 4 is 22.6 Å². The van der Waals surface area contributed by atoms with Gasteiger partial charge in [0, 0.05) is 17.7 Å². The number of aliphatic hydroxyl groups excluding tert-OH is 1. The molecule has 0 aliphatic heterocycles. The summed E-state index contributed by atoms with van der Waals surface area (Å²) in [6.45, 7) is 0.575. The average Bonchev–Trinajstić information content (AvgIpc) is 2.85. The van der Waals surface area contributed by atoms with Crippen molar-refractivity contribution in [3.8, 4) is 0 Å². The maximum atomic E-state index is 11.8. The number of benzene rings is 1. The first-order valence-corrected chi connectivity index (χ1v) is 6.78. The number of carbonyl (C=O) groups is 1. The van der Waals surface area contributed by atoms with Gasteiger partial charge < -0.3 is 20.0 Å². The number of nitrogens with two attached hydrogens (primary N) is 1. The molecule has 0 aliphatic carbocycles. The van der Waals surface area contributed by atoms with Gasteiger partial charge in [0.15, 0.2) is 0 Å². The minimum atomic E-state index is -0.457. The summed E-state index contributed by atoms with van der Waals surface area (Å²) in [7, 11) is 0. The van der Waals surface area contributed by atoms with Crippen LogP contribution < -0.4 is 5.73 Å². The summed E-state index contributed by atoms with van der Waals surface area (Å²) in [6, 6.07) is 6.85. The van der Waals surface area contributed by atoms with Crippen LogP contribution in [-0.4, -0.2) is 24.3 Å². The molecule has 5 heteroatoms. The van der Waals surface area contributed by atoms with Gasteiger partial charge in [0.1, 0.15) is 5.58 Å². The number of hydrogen-bond acceptors (Lipinski definition) is 5. The Morgan fingerprint density at radius 2 is 2.00 bits per heavy atom. The Labute approximate surface area is 117 Å². The Balaban J connectivity index is 1.85. The Hall–Kier alpha value is -2.01. The molecule has 1 aromatic heterocycles. The van der Waals surface area contributed by atoms with Gasteiger partial charge in [-0.15, -0.1) is 0 Å².